The molecule has 1 aromatic rings. The maximum absolute atomic E-state index is 4.06. The lowest BCUT2D eigenvalue weighted by Crippen LogP contribution is -2.31. The van der Waals surface area contributed by atoms with E-state index < -0.39 is 0 Å². The van der Waals surface area contributed by atoms with Crippen LogP contribution in [0.2, 0.25) is 0 Å². The van der Waals surface area contributed by atoms with Crippen molar-refractivity contribution in [2.75, 3.05) is 0 Å². The van der Waals surface area contributed by atoms with Gasteiger partial charge >= 0.3 is 0 Å². The summed E-state index contributed by atoms with van der Waals surface area (Å²) >= 11 is 3.86. The Labute approximate surface area is 100 Å². The minimum absolute atomic E-state index is 0.588. The summed E-state index contributed by atoms with van der Waals surface area (Å²) in [6.07, 6.45) is 6.53. The van der Waals surface area contributed by atoms with Gasteiger partial charge in [0.25, 0.3) is 0 Å². The summed E-state index contributed by atoms with van der Waals surface area (Å²) in [5.74, 6) is 2.38. The summed E-state index contributed by atoms with van der Waals surface area (Å²) in [5.41, 5.74) is 1.39. The summed E-state index contributed by atoms with van der Waals surface area (Å²) < 4.78 is 0. The smallest absolute Gasteiger partial charge is 0.0270 e. The fourth-order valence-electron chi connectivity index (χ4n) is 2.48. The van der Waals surface area contributed by atoms with Crippen molar-refractivity contribution in [3.63, 3.8) is 0 Å². The molecule has 1 heterocycles. The summed E-state index contributed by atoms with van der Waals surface area (Å²) in [4.78, 5) is 4.68. The van der Waals surface area contributed by atoms with Gasteiger partial charge in [-0.1, -0.05) is 29.8 Å². The molecule has 1 saturated carbocycles. The van der Waals surface area contributed by atoms with E-state index in [2.05, 4.69) is 46.9 Å². The molecule has 2 heteroatoms. The summed E-state index contributed by atoms with van der Waals surface area (Å²) in [6.45, 7) is 4.64. The number of hydrogen-bond donors (Lipinski definition) is 0. The van der Waals surface area contributed by atoms with Gasteiger partial charge in [0.15, 0.2) is 0 Å². The normalized spacial score (nSPS) is 29.3. The molecule has 0 aliphatic heterocycles. The molecule has 1 nitrogen and oxygen atoms in total. The summed E-state index contributed by atoms with van der Waals surface area (Å²) in [6, 6.07) is 4.25. The van der Waals surface area contributed by atoms with Gasteiger partial charge < -0.3 is 0 Å². The van der Waals surface area contributed by atoms with E-state index in [1.165, 1.54) is 18.4 Å². The van der Waals surface area contributed by atoms with E-state index >= 15 is 0 Å². The van der Waals surface area contributed by atoms with Crippen LogP contribution in [0.5, 0.6) is 0 Å². The highest BCUT2D eigenvalue weighted by molar-refractivity contribution is 9.09. The fraction of sp³-hybridized carbons (Fsp3) is 0.615. The van der Waals surface area contributed by atoms with Crippen LogP contribution < -0.4 is 0 Å². The number of nitrogens with zero attached hydrogens (tertiary/aromatic N) is 1. The molecule has 1 fully saturated rings. The molecule has 0 aromatic carbocycles. The Morgan fingerprint density at radius 2 is 1.93 bits per heavy atom. The Morgan fingerprint density at radius 3 is 2.47 bits per heavy atom. The van der Waals surface area contributed by atoms with Gasteiger partial charge in [-0.25, -0.2) is 0 Å². The van der Waals surface area contributed by atoms with E-state index in [1.54, 1.807) is 0 Å². The molecule has 0 N–H and O–H groups in total. The number of hydrogen-bond acceptors (Lipinski definition) is 1. The molecule has 0 bridgehead atoms. The largest absolute Gasteiger partial charge is 0.265 e. The third-order valence-corrected chi connectivity index (χ3v) is 5.11. The van der Waals surface area contributed by atoms with Gasteiger partial charge in [0.2, 0.25) is 0 Å². The van der Waals surface area contributed by atoms with E-state index in [0.29, 0.717) is 10.7 Å². The molecule has 0 amide bonds. The van der Waals surface area contributed by atoms with Crippen molar-refractivity contribution in [2.45, 2.75) is 37.4 Å². The Kier molecular flexibility index (Phi) is 3.45. The number of alkyl halides is 1. The molecule has 2 atom stereocenters. The molecule has 1 aliphatic rings. The highest BCUT2D eigenvalue weighted by atomic mass is 79.9. The lowest BCUT2D eigenvalue weighted by Gasteiger charge is -2.38. The zero-order valence-electron chi connectivity index (χ0n) is 9.36. The quantitative estimate of drug-likeness (QED) is 0.755. The van der Waals surface area contributed by atoms with E-state index in [0.717, 1.165) is 11.8 Å². The zero-order valence-corrected chi connectivity index (χ0v) is 10.9. The minimum Gasteiger partial charge on any atom is -0.265 e. The van der Waals surface area contributed by atoms with E-state index in [1.807, 2.05) is 12.4 Å². The van der Waals surface area contributed by atoms with Crippen LogP contribution in [0.3, 0.4) is 0 Å². The monoisotopic (exact) mass is 267 g/mol. The van der Waals surface area contributed by atoms with Gasteiger partial charge in [0.05, 0.1) is 0 Å². The SMILES string of the molecule is CC1CC(C(Br)C(C)c2ccncc2)C1. The minimum atomic E-state index is 0.588. The number of pyridine rings is 1. The van der Waals surface area contributed by atoms with Crippen molar-refractivity contribution in [3.8, 4) is 0 Å². The van der Waals surface area contributed by atoms with Gasteiger partial charge in [0.1, 0.15) is 0 Å². The number of aromatic nitrogens is 1. The maximum atomic E-state index is 4.06. The van der Waals surface area contributed by atoms with Crippen LogP contribution in [0.15, 0.2) is 24.5 Å². The first-order valence-electron chi connectivity index (χ1n) is 5.72. The summed E-state index contributed by atoms with van der Waals surface area (Å²) in [5, 5.41) is 0. The fourth-order valence-corrected chi connectivity index (χ4v) is 3.22. The first kappa shape index (κ1) is 11.1. The van der Waals surface area contributed by atoms with Crippen molar-refractivity contribution in [2.24, 2.45) is 11.8 Å². The second-order valence-corrected chi connectivity index (χ2v) is 5.91. The number of halogens is 1. The second kappa shape index (κ2) is 4.65. The Morgan fingerprint density at radius 1 is 1.33 bits per heavy atom. The Hall–Kier alpha value is -0.370. The standard InChI is InChI=1S/C13H18BrN/c1-9-7-12(8-9)13(14)10(2)11-3-5-15-6-4-11/h3-6,9-10,12-13H,7-8H2,1-2H3. The van der Waals surface area contributed by atoms with Crippen molar-refractivity contribution in [1.29, 1.82) is 0 Å². The van der Waals surface area contributed by atoms with Gasteiger partial charge in [-0.05, 0) is 48.3 Å². The molecule has 1 aliphatic carbocycles. The topological polar surface area (TPSA) is 12.9 Å². The second-order valence-electron chi connectivity index (χ2n) is 4.85. The lowest BCUT2D eigenvalue weighted by atomic mass is 9.71. The van der Waals surface area contributed by atoms with Crippen LogP contribution in [-0.4, -0.2) is 9.81 Å². The van der Waals surface area contributed by atoms with Gasteiger partial charge in [-0.2, -0.15) is 0 Å². The molecule has 15 heavy (non-hydrogen) atoms. The lowest BCUT2D eigenvalue weighted by molar-refractivity contribution is 0.200. The van der Waals surface area contributed by atoms with Crippen LogP contribution in [0.1, 0.15) is 38.2 Å². The third-order valence-electron chi connectivity index (χ3n) is 3.57. The molecular weight excluding hydrogens is 250 g/mol. The molecule has 2 rings (SSSR count). The van der Waals surface area contributed by atoms with Crippen LogP contribution in [0, 0.1) is 11.8 Å². The van der Waals surface area contributed by atoms with Crippen LogP contribution in [0.25, 0.3) is 0 Å². The van der Waals surface area contributed by atoms with Gasteiger partial charge in [-0.3, -0.25) is 4.98 Å². The predicted molar refractivity (Wildman–Crippen MR) is 67.3 cm³/mol. The van der Waals surface area contributed by atoms with Crippen LogP contribution in [-0.2, 0) is 0 Å². The predicted octanol–water partition coefficient (Wildman–Crippen LogP) is 3.99. The molecule has 82 valence electrons. The van der Waals surface area contributed by atoms with Crippen molar-refractivity contribution >= 4 is 15.9 Å². The maximum Gasteiger partial charge on any atom is 0.0270 e. The van der Waals surface area contributed by atoms with E-state index in [-0.39, 0.29) is 0 Å². The van der Waals surface area contributed by atoms with Crippen molar-refractivity contribution in [1.82, 2.24) is 4.98 Å². The van der Waals surface area contributed by atoms with Crippen molar-refractivity contribution in [3.05, 3.63) is 30.1 Å². The van der Waals surface area contributed by atoms with Crippen LogP contribution >= 0.6 is 15.9 Å². The molecule has 0 radical (unpaired) electrons. The first-order valence-corrected chi connectivity index (χ1v) is 6.64. The van der Waals surface area contributed by atoms with Crippen LogP contribution in [0.4, 0.5) is 0 Å². The first-order chi connectivity index (χ1) is 7.18. The molecule has 2 unspecified atom stereocenters. The Balaban J connectivity index is 1.99. The zero-order chi connectivity index (χ0) is 10.8. The molecule has 0 saturated heterocycles. The molecule has 0 spiro atoms. The van der Waals surface area contributed by atoms with E-state index in [9.17, 15) is 0 Å². The summed E-state index contributed by atoms with van der Waals surface area (Å²) in [7, 11) is 0. The third kappa shape index (κ3) is 2.41. The van der Waals surface area contributed by atoms with Gasteiger partial charge in [0, 0.05) is 17.2 Å². The van der Waals surface area contributed by atoms with Gasteiger partial charge in [-0.15, -0.1) is 0 Å². The average Bonchev–Trinajstić information content (AvgIpc) is 2.24. The number of rotatable bonds is 3. The highest BCUT2D eigenvalue weighted by Gasteiger charge is 2.34. The molecule has 1 aromatic heterocycles. The molecular formula is C13H18BrN. The Bertz CT molecular complexity index is 306. The highest BCUT2D eigenvalue weighted by Crippen LogP contribution is 2.43. The average molecular weight is 268 g/mol. The van der Waals surface area contributed by atoms with Crippen molar-refractivity contribution < 1.29 is 0 Å². The van der Waals surface area contributed by atoms with E-state index in [4.69, 9.17) is 0 Å².